The van der Waals surface area contributed by atoms with Gasteiger partial charge < -0.3 is 5.73 Å². The van der Waals surface area contributed by atoms with Crippen LogP contribution in [-0.4, -0.2) is 19.0 Å². The number of rotatable bonds is 3. The summed E-state index contributed by atoms with van der Waals surface area (Å²) in [6.45, 7) is 0. The maximum absolute atomic E-state index is 11.6. The van der Waals surface area contributed by atoms with Crippen LogP contribution < -0.4 is 5.73 Å². The van der Waals surface area contributed by atoms with E-state index in [0.29, 0.717) is 5.69 Å². The molecule has 78 valence electrons. The van der Waals surface area contributed by atoms with E-state index in [1.807, 2.05) is 0 Å². The number of nitrogen functional groups attached to an aromatic ring is 1. The lowest BCUT2D eigenvalue weighted by Gasteiger charge is -2.05. The first-order valence-electron chi connectivity index (χ1n) is 3.78. The number of anilines is 1. The second-order valence-electron chi connectivity index (χ2n) is 2.74. The molecule has 0 spiro atoms. The normalized spacial score (nSPS) is 11.9. The molecular weight excluding hydrogens is 245 g/mol. The van der Waals surface area contributed by atoms with Gasteiger partial charge in [-0.05, 0) is 18.2 Å². The number of hydrogen-bond donors (Lipinski definition) is 1. The van der Waals surface area contributed by atoms with Crippen molar-refractivity contribution in [1.82, 2.24) is 0 Å². The van der Waals surface area contributed by atoms with Crippen molar-refractivity contribution in [2.45, 2.75) is 9.73 Å². The lowest BCUT2D eigenvalue weighted by molar-refractivity contribution is 0.597. The van der Waals surface area contributed by atoms with Gasteiger partial charge in [0.1, 0.15) is 4.84 Å². The molecule has 6 heteroatoms. The first-order valence-corrected chi connectivity index (χ1v) is 6.31. The number of sulfone groups is 1. The largest absolute Gasteiger partial charge is 0.399 e. The molecule has 1 aromatic rings. The second-order valence-corrected chi connectivity index (χ2v) is 6.06. The molecule has 0 aromatic heterocycles. The highest BCUT2D eigenvalue weighted by Gasteiger charge is 2.18. The Hall–Kier alpha value is -0.450. The molecule has 0 aliphatic rings. The van der Waals surface area contributed by atoms with Gasteiger partial charge in [-0.15, -0.1) is 23.2 Å². The van der Waals surface area contributed by atoms with Crippen LogP contribution in [0.15, 0.2) is 29.2 Å². The maximum atomic E-state index is 11.6. The molecule has 0 radical (unpaired) electrons. The lowest BCUT2D eigenvalue weighted by atomic mass is 10.3. The molecule has 0 heterocycles. The number of alkyl halides is 2. The Labute approximate surface area is 92.7 Å². The molecule has 1 rings (SSSR count). The average molecular weight is 254 g/mol. The molecule has 2 N–H and O–H groups in total. The van der Waals surface area contributed by atoms with Gasteiger partial charge in [-0.25, -0.2) is 8.42 Å². The molecule has 0 saturated carbocycles. The minimum Gasteiger partial charge on any atom is -0.399 e. The highest BCUT2D eigenvalue weighted by atomic mass is 35.5. The van der Waals surface area contributed by atoms with Crippen molar-refractivity contribution in [3.05, 3.63) is 24.3 Å². The molecule has 14 heavy (non-hydrogen) atoms. The van der Waals surface area contributed by atoms with Crippen molar-refractivity contribution < 1.29 is 8.42 Å². The highest BCUT2D eigenvalue weighted by Crippen LogP contribution is 2.17. The number of nitrogens with two attached hydrogens (primary N) is 1. The van der Waals surface area contributed by atoms with E-state index in [1.165, 1.54) is 12.1 Å². The predicted molar refractivity (Wildman–Crippen MR) is 58.4 cm³/mol. The third-order valence-electron chi connectivity index (χ3n) is 1.56. The number of hydrogen-bond acceptors (Lipinski definition) is 3. The van der Waals surface area contributed by atoms with Gasteiger partial charge in [-0.3, -0.25) is 0 Å². The lowest BCUT2D eigenvalue weighted by Crippen LogP contribution is -2.12. The highest BCUT2D eigenvalue weighted by molar-refractivity contribution is 7.91. The number of halogens is 2. The van der Waals surface area contributed by atoms with E-state index >= 15 is 0 Å². The summed E-state index contributed by atoms with van der Waals surface area (Å²) in [5, 5.41) is 0. The first-order chi connectivity index (χ1) is 6.42. The average Bonchev–Trinajstić information content (AvgIpc) is 2.01. The first kappa shape index (κ1) is 11.6. The van der Waals surface area contributed by atoms with Crippen molar-refractivity contribution in [2.24, 2.45) is 0 Å². The van der Waals surface area contributed by atoms with Crippen LogP contribution in [0.1, 0.15) is 0 Å². The van der Waals surface area contributed by atoms with E-state index in [4.69, 9.17) is 28.9 Å². The van der Waals surface area contributed by atoms with Gasteiger partial charge in [-0.2, -0.15) is 0 Å². The van der Waals surface area contributed by atoms with Gasteiger partial charge in [0.2, 0.25) is 0 Å². The quantitative estimate of drug-likeness (QED) is 0.661. The molecular formula is C8H9Cl2NO2S. The van der Waals surface area contributed by atoms with Crippen LogP contribution in [0.3, 0.4) is 0 Å². The summed E-state index contributed by atoms with van der Waals surface area (Å²) >= 11 is 10.8. The summed E-state index contributed by atoms with van der Waals surface area (Å²) in [6.07, 6.45) is 0. The van der Waals surface area contributed by atoms with Crippen molar-refractivity contribution in [3.63, 3.8) is 0 Å². The summed E-state index contributed by atoms with van der Waals surface area (Å²) in [5.41, 5.74) is 5.85. The molecule has 3 nitrogen and oxygen atoms in total. The van der Waals surface area contributed by atoms with Gasteiger partial charge in [0.05, 0.1) is 10.6 Å². The van der Waals surface area contributed by atoms with Crippen LogP contribution in [0.4, 0.5) is 5.69 Å². The zero-order chi connectivity index (χ0) is 10.8. The molecule has 1 aromatic carbocycles. The third-order valence-corrected chi connectivity index (χ3v) is 3.98. The summed E-state index contributed by atoms with van der Waals surface area (Å²) in [7, 11) is -3.43. The van der Waals surface area contributed by atoms with Gasteiger partial charge in [-0.1, -0.05) is 6.07 Å². The minimum absolute atomic E-state index is 0.142. The van der Waals surface area contributed by atoms with Crippen LogP contribution in [0.2, 0.25) is 0 Å². The Balaban J connectivity index is 3.05. The van der Waals surface area contributed by atoms with Crippen molar-refractivity contribution >= 4 is 38.7 Å². The van der Waals surface area contributed by atoms with E-state index < -0.39 is 14.7 Å². The molecule has 0 atom stereocenters. The van der Waals surface area contributed by atoms with E-state index in [1.54, 1.807) is 12.1 Å². The van der Waals surface area contributed by atoms with Gasteiger partial charge in [0.25, 0.3) is 0 Å². The molecule has 0 saturated heterocycles. The Bertz CT molecular complexity index is 417. The predicted octanol–water partition coefficient (Wildman–Crippen LogP) is 1.85. The molecule has 0 unspecified atom stereocenters. The Morgan fingerprint density at radius 2 is 2.00 bits per heavy atom. The SMILES string of the molecule is Nc1cccc(S(=O)(=O)CC(Cl)Cl)c1. The second kappa shape index (κ2) is 4.38. The Morgan fingerprint density at radius 3 is 2.50 bits per heavy atom. The fourth-order valence-electron chi connectivity index (χ4n) is 0.970. The zero-order valence-corrected chi connectivity index (χ0v) is 9.48. The van der Waals surface area contributed by atoms with E-state index in [-0.39, 0.29) is 10.6 Å². The number of benzene rings is 1. The zero-order valence-electron chi connectivity index (χ0n) is 7.15. The van der Waals surface area contributed by atoms with Gasteiger partial charge in [0.15, 0.2) is 9.84 Å². The molecule has 0 aliphatic heterocycles. The smallest absolute Gasteiger partial charge is 0.181 e. The fourth-order valence-corrected chi connectivity index (χ4v) is 3.09. The fraction of sp³-hybridized carbons (Fsp3) is 0.250. The monoisotopic (exact) mass is 253 g/mol. The van der Waals surface area contributed by atoms with Crippen LogP contribution in [-0.2, 0) is 9.84 Å². The molecule has 0 bridgehead atoms. The summed E-state index contributed by atoms with van der Waals surface area (Å²) < 4.78 is 23.1. The summed E-state index contributed by atoms with van der Waals surface area (Å²) in [5.74, 6) is -0.306. The van der Waals surface area contributed by atoms with Crippen LogP contribution in [0.25, 0.3) is 0 Å². The minimum atomic E-state index is -3.43. The van der Waals surface area contributed by atoms with Crippen molar-refractivity contribution in [3.8, 4) is 0 Å². The Morgan fingerprint density at radius 1 is 1.36 bits per heavy atom. The molecule has 0 amide bonds. The maximum Gasteiger partial charge on any atom is 0.181 e. The van der Waals surface area contributed by atoms with Crippen LogP contribution >= 0.6 is 23.2 Å². The topological polar surface area (TPSA) is 60.2 Å². The van der Waals surface area contributed by atoms with E-state index in [0.717, 1.165) is 0 Å². The van der Waals surface area contributed by atoms with E-state index in [9.17, 15) is 8.42 Å². The van der Waals surface area contributed by atoms with Gasteiger partial charge in [0, 0.05) is 5.69 Å². The molecule has 0 aliphatic carbocycles. The van der Waals surface area contributed by atoms with E-state index in [2.05, 4.69) is 0 Å². The molecule has 0 fully saturated rings. The van der Waals surface area contributed by atoms with Crippen LogP contribution in [0, 0.1) is 0 Å². The standard InChI is InChI=1S/C8H9Cl2NO2S/c9-8(10)5-14(12,13)7-3-1-2-6(11)4-7/h1-4,8H,5,11H2. The summed E-state index contributed by atoms with van der Waals surface area (Å²) in [4.78, 5) is -0.787. The third kappa shape index (κ3) is 3.04. The summed E-state index contributed by atoms with van der Waals surface area (Å²) in [6, 6.07) is 6.02. The van der Waals surface area contributed by atoms with Crippen LogP contribution in [0.5, 0.6) is 0 Å². The Kier molecular flexibility index (Phi) is 3.64. The van der Waals surface area contributed by atoms with Crippen molar-refractivity contribution in [2.75, 3.05) is 11.5 Å². The van der Waals surface area contributed by atoms with Gasteiger partial charge >= 0.3 is 0 Å². The van der Waals surface area contributed by atoms with Crippen molar-refractivity contribution in [1.29, 1.82) is 0 Å².